The Labute approximate surface area is 145 Å². The first kappa shape index (κ1) is 16.8. The molecular formula is C15H11ClF2N6O. The van der Waals surface area contributed by atoms with Crippen molar-refractivity contribution in [3.05, 3.63) is 47.0 Å². The summed E-state index contributed by atoms with van der Waals surface area (Å²) in [6.45, 7) is 0. The molecule has 0 unspecified atom stereocenters. The van der Waals surface area contributed by atoms with E-state index in [1.165, 1.54) is 19.2 Å². The third kappa shape index (κ3) is 4.07. The molecule has 0 fully saturated rings. The molecule has 0 bridgehead atoms. The number of rotatable bonds is 4. The lowest BCUT2D eigenvalue weighted by Gasteiger charge is -2.08. The van der Waals surface area contributed by atoms with Crippen molar-refractivity contribution >= 4 is 29.2 Å². The molecule has 3 N–H and O–H groups in total. The Balaban J connectivity index is 1.99. The first-order valence-corrected chi connectivity index (χ1v) is 7.27. The molecule has 0 saturated carbocycles. The number of pyridine rings is 1. The number of benzene rings is 1. The van der Waals surface area contributed by atoms with Gasteiger partial charge in [0.1, 0.15) is 17.3 Å². The fourth-order valence-electron chi connectivity index (χ4n) is 2.01. The number of nitrogens with one attached hydrogen (secondary N) is 1. The SMILES string of the molecule is COc1cc(Cl)cc(-c2nc(N)nc(Nc3cc(F)cc(F)c3)n2)n1. The quantitative estimate of drug-likeness (QED) is 0.733. The zero-order chi connectivity index (χ0) is 18.0. The lowest BCUT2D eigenvalue weighted by atomic mass is 10.3. The number of anilines is 3. The fraction of sp³-hybridized carbons (Fsp3) is 0.0667. The van der Waals surface area contributed by atoms with Crippen molar-refractivity contribution in [3.8, 4) is 17.4 Å². The van der Waals surface area contributed by atoms with Gasteiger partial charge in [0.15, 0.2) is 5.82 Å². The van der Waals surface area contributed by atoms with Gasteiger partial charge in [0.2, 0.25) is 17.8 Å². The van der Waals surface area contributed by atoms with Crippen LogP contribution >= 0.6 is 11.6 Å². The number of nitrogens with zero attached hydrogens (tertiary/aromatic N) is 4. The lowest BCUT2D eigenvalue weighted by molar-refractivity contribution is 0.398. The Morgan fingerprint density at radius 1 is 1.00 bits per heavy atom. The zero-order valence-corrected chi connectivity index (χ0v) is 13.6. The van der Waals surface area contributed by atoms with Crippen molar-refractivity contribution in [3.63, 3.8) is 0 Å². The van der Waals surface area contributed by atoms with Gasteiger partial charge in [-0.3, -0.25) is 0 Å². The number of nitrogens with two attached hydrogens (primary N) is 1. The van der Waals surface area contributed by atoms with Crippen LogP contribution in [-0.4, -0.2) is 27.0 Å². The Kier molecular flexibility index (Phi) is 4.57. The first-order chi connectivity index (χ1) is 11.9. The topological polar surface area (TPSA) is 98.8 Å². The molecule has 0 aliphatic rings. The minimum atomic E-state index is -0.744. The molecule has 0 spiro atoms. The van der Waals surface area contributed by atoms with Crippen LogP contribution in [0, 0.1) is 11.6 Å². The van der Waals surface area contributed by atoms with Crippen molar-refractivity contribution in [2.24, 2.45) is 0 Å². The van der Waals surface area contributed by atoms with Crippen LogP contribution in [0.25, 0.3) is 11.5 Å². The second-order valence-electron chi connectivity index (χ2n) is 4.84. The van der Waals surface area contributed by atoms with Crippen LogP contribution in [-0.2, 0) is 0 Å². The summed E-state index contributed by atoms with van der Waals surface area (Å²) >= 11 is 6.00. The average molecular weight is 365 g/mol. The van der Waals surface area contributed by atoms with Crippen LogP contribution in [0.5, 0.6) is 5.88 Å². The highest BCUT2D eigenvalue weighted by molar-refractivity contribution is 6.30. The molecule has 3 aromatic rings. The Morgan fingerprint density at radius 3 is 2.40 bits per heavy atom. The predicted molar refractivity (Wildman–Crippen MR) is 88.7 cm³/mol. The smallest absolute Gasteiger partial charge is 0.232 e. The monoisotopic (exact) mass is 364 g/mol. The van der Waals surface area contributed by atoms with Gasteiger partial charge in [-0.05, 0) is 18.2 Å². The molecule has 0 amide bonds. The van der Waals surface area contributed by atoms with Crippen molar-refractivity contribution < 1.29 is 13.5 Å². The molecule has 1 aromatic carbocycles. The summed E-state index contributed by atoms with van der Waals surface area (Å²) in [6.07, 6.45) is 0. The second kappa shape index (κ2) is 6.81. The van der Waals surface area contributed by atoms with E-state index in [0.717, 1.165) is 18.2 Å². The van der Waals surface area contributed by atoms with Gasteiger partial charge < -0.3 is 15.8 Å². The summed E-state index contributed by atoms with van der Waals surface area (Å²) in [6, 6.07) is 5.96. The maximum absolute atomic E-state index is 13.3. The molecule has 0 atom stereocenters. The van der Waals surface area contributed by atoms with Gasteiger partial charge in [0.25, 0.3) is 0 Å². The van der Waals surface area contributed by atoms with Crippen molar-refractivity contribution in [1.29, 1.82) is 0 Å². The van der Waals surface area contributed by atoms with Gasteiger partial charge in [0, 0.05) is 22.8 Å². The van der Waals surface area contributed by atoms with Crippen molar-refractivity contribution in [2.75, 3.05) is 18.2 Å². The van der Waals surface area contributed by atoms with Gasteiger partial charge in [-0.15, -0.1) is 0 Å². The van der Waals surface area contributed by atoms with Crippen LogP contribution in [0.15, 0.2) is 30.3 Å². The summed E-state index contributed by atoms with van der Waals surface area (Å²) in [5.41, 5.74) is 6.09. The Hall–Kier alpha value is -3.07. The molecular weight excluding hydrogens is 354 g/mol. The van der Waals surface area contributed by atoms with E-state index >= 15 is 0 Å². The number of hydrogen-bond donors (Lipinski definition) is 2. The summed E-state index contributed by atoms with van der Waals surface area (Å²) in [7, 11) is 1.44. The van der Waals surface area contributed by atoms with Gasteiger partial charge in [-0.1, -0.05) is 11.6 Å². The second-order valence-corrected chi connectivity index (χ2v) is 5.27. The summed E-state index contributed by atoms with van der Waals surface area (Å²) in [5, 5.41) is 3.03. The minimum Gasteiger partial charge on any atom is -0.481 e. The zero-order valence-electron chi connectivity index (χ0n) is 12.8. The van der Waals surface area contributed by atoms with E-state index in [1.54, 1.807) is 0 Å². The predicted octanol–water partition coefficient (Wildman–Crippen LogP) is 3.20. The molecule has 0 saturated heterocycles. The number of halogens is 3. The third-order valence-corrected chi connectivity index (χ3v) is 3.19. The van der Waals surface area contributed by atoms with Crippen LogP contribution < -0.4 is 15.8 Å². The highest BCUT2D eigenvalue weighted by Gasteiger charge is 2.12. The molecule has 2 heterocycles. The van der Waals surface area contributed by atoms with E-state index in [9.17, 15) is 8.78 Å². The van der Waals surface area contributed by atoms with Gasteiger partial charge in [0.05, 0.1) is 7.11 Å². The Morgan fingerprint density at radius 2 is 1.72 bits per heavy atom. The maximum atomic E-state index is 13.3. The molecule has 128 valence electrons. The van der Waals surface area contributed by atoms with Crippen LogP contribution in [0.1, 0.15) is 0 Å². The van der Waals surface area contributed by atoms with Gasteiger partial charge in [-0.2, -0.15) is 15.0 Å². The number of nitrogen functional groups attached to an aromatic ring is 1. The number of methoxy groups -OCH3 is 1. The van der Waals surface area contributed by atoms with Gasteiger partial charge >= 0.3 is 0 Å². The fourth-order valence-corrected chi connectivity index (χ4v) is 2.21. The molecule has 0 aliphatic carbocycles. The summed E-state index contributed by atoms with van der Waals surface area (Å²) < 4.78 is 31.6. The summed E-state index contributed by atoms with van der Waals surface area (Å²) in [5.74, 6) is -1.22. The number of hydrogen-bond acceptors (Lipinski definition) is 7. The average Bonchev–Trinajstić information content (AvgIpc) is 2.52. The van der Waals surface area contributed by atoms with Crippen LogP contribution in [0.3, 0.4) is 0 Å². The molecule has 7 nitrogen and oxygen atoms in total. The molecule has 25 heavy (non-hydrogen) atoms. The van der Waals surface area contributed by atoms with Crippen LogP contribution in [0.2, 0.25) is 5.02 Å². The van der Waals surface area contributed by atoms with E-state index in [4.69, 9.17) is 22.1 Å². The Bertz CT molecular complexity index is 920. The molecule has 2 aromatic heterocycles. The summed E-state index contributed by atoms with van der Waals surface area (Å²) in [4.78, 5) is 16.2. The molecule has 3 rings (SSSR count). The first-order valence-electron chi connectivity index (χ1n) is 6.89. The normalized spacial score (nSPS) is 10.6. The van der Waals surface area contributed by atoms with E-state index in [1.807, 2.05) is 0 Å². The molecule has 10 heteroatoms. The maximum Gasteiger partial charge on any atom is 0.232 e. The highest BCUT2D eigenvalue weighted by atomic mass is 35.5. The van der Waals surface area contributed by atoms with Crippen LogP contribution in [0.4, 0.5) is 26.4 Å². The largest absolute Gasteiger partial charge is 0.481 e. The van der Waals surface area contributed by atoms with E-state index in [2.05, 4.69) is 25.3 Å². The number of ether oxygens (including phenoxy) is 1. The lowest BCUT2D eigenvalue weighted by Crippen LogP contribution is -2.06. The number of aromatic nitrogens is 4. The van der Waals surface area contributed by atoms with E-state index in [0.29, 0.717) is 10.7 Å². The molecule has 0 radical (unpaired) electrons. The molecule has 0 aliphatic heterocycles. The van der Waals surface area contributed by atoms with Crippen molar-refractivity contribution in [1.82, 2.24) is 19.9 Å². The van der Waals surface area contributed by atoms with E-state index in [-0.39, 0.29) is 29.3 Å². The third-order valence-electron chi connectivity index (χ3n) is 2.98. The van der Waals surface area contributed by atoms with Gasteiger partial charge in [-0.25, -0.2) is 13.8 Å². The van der Waals surface area contributed by atoms with E-state index < -0.39 is 11.6 Å². The van der Waals surface area contributed by atoms with Crippen molar-refractivity contribution in [2.45, 2.75) is 0 Å². The highest BCUT2D eigenvalue weighted by Crippen LogP contribution is 2.24. The standard InChI is InChI=1S/C15H11ClF2N6O/c1-25-12-3-7(16)2-11(21-12)13-22-14(19)24-15(23-13)20-10-5-8(17)4-9(18)6-10/h2-6H,1H3,(H3,19,20,22,23,24). The minimum absolute atomic E-state index is 0.00626.